The third kappa shape index (κ3) is 5.03. The van der Waals surface area contributed by atoms with Crippen LogP contribution in [0.4, 0.5) is 5.69 Å². The van der Waals surface area contributed by atoms with Crippen LogP contribution in [0.3, 0.4) is 0 Å². The van der Waals surface area contributed by atoms with Crippen LogP contribution in [0.25, 0.3) is 0 Å². The van der Waals surface area contributed by atoms with Gasteiger partial charge >= 0.3 is 0 Å². The molecule has 0 aromatic heterocycles. The van der Waals surface area contributed by atoms with Crippen LogP contribution in [0.5, 0.6) is 11.5 Å². The molecule has 2 aromatic rings. The molecular formula is C22H28N2O4. The maximum Gasteiger partial charge on any atom is 0.251 e. The van der Waals surface area contributed by atoms with Crippen LogP contribution in [0.15, 0.2) is 42.5 Å². The molecule has 0 fully saturated rings. The maximum absolute atomic E-state index is 13.0. The molecule has 0 radical (unpaired) electrons. The number of anilines is 1. The number of benzene rings is 2. The zero-order valence-corrected chi connectivity index (χ0v) is 16.9. The van der Waals surface area contributed by atoms with E-state index in [-0.39, 0.29) is 17.7 Å². The van der Waals surface area contributed by atoms with Crippen LogP contribution >= 0.6 is 0 Å². The summed E-state index contributed by atoms with van der Waals surface area (Å²) in [6.45, 7) is 4.51. The van der Waals surface area contributed by atoms with Crippen LogP contribution in [-0.4, -0.2) is 32.6 Å². The number of methoxy groups -OCH3 is 2. The van der Waals surface area contributed by atoms with Gasteiger partial charge in [0.1, 0.15) is 0 Å². The Morgan fingerprint density at radius 3 is 2.32 bits per heavy atom. The molecule has 0 heterocycles. The summed E-state index contributed by atoms with van der Waals surface area (Å²) >= 11 is 0. The second kappa shape index (κ2) is 10.3. The van der Waals surface area contributed by atoms with Crippen molar-refractivity contribution in [3.8, 4) is 11.5 Å². The van der Waals surface area contributed by atoms with E-state index in [1.807, 2.05) is 44.2 Å². The first kappa shape index (κ1) is 21.3. The van der Waals surface area contributed by atoms with Gasteiger partial charge in [0.25, 0.3) is 5.91 Å². The van der Waals surface area contributed by atoms with Gasteiger partial charge in [-0.1, -0.05) is 44.2 Å². The Hall–Kier alpha value is -3.02. The average Bonchev–Trinajstić information content (AvgIpc) is 2.72. The number of rotatable bonds is 9. The van der Waals surface area contributed by atoms with Gasteiger partial charge in [-0.15, -0.1) is 0 Å². The molecule has 2 aromatic carbocycles. The number of nitrogens with one attached hydrogen (secondary N) is 2. The van der Waals surface area contributed by atoms with Gasteiger partial charge in [0.15, 0.2) is 11.5 Å². The van der Waals surface area contributed by atoms with Crippen molar-refractivity contribution in [1.29, 1.82) is 0 Å². The molecule has 28 heavy (non-hydrogen) atoms. The SMILES string of the molecule is CCCNC(=O)c1cc(NC(=O)C(CC)c2ccccc2)c(OC)c(OC)c1. The lowest BCUT2D eigenvalue weighted by Crippen LogP contribution is -2.25. The lowest BCUT2D eigenvalue weighted by molar-refractivity contribution is -0.117. The van der Waals surface area contributed by atoms with Gasteiger partial charge in [-0.2, -0.15) is 0 Å². The van der Waals surface area contributed by atoms with Crippen LogP contribution in [0.1, 0.15) is 48.5 Å². The Morgan fingerprint density at radius 2 is 1.75 bits per heavy atom. The zero-order valence-electron chi connectivity index (χ0n) is 16.9. The third-order valence-corrected chi connectivity index (χ3v) is 4.46. The Bertz CT molecular complexity index is 806. The van der Waals surface area contributed by atoms with Gasteiger partial charge in [-0.05, 0) is 30.5 Å². The molecule has 0 saturated carbocycles. The van der Waals surface area contributed by atoms with E-state index in [0.717, 1.165) is 12.0 Å². The fourth-order valence-electron chi connectivity index (χ4n) is 3.01. The highest BCUT2D eigenvalue weighted by molar-refractivity contribution is 6.01. The Morgan fingerprint density at radius 1 is 1.04 bits per heavy atom. The van der Waals surface area contributed by atoms with Gasteiger partial charge < -0.3 is 20.1 Å². The minimum Gasteiger partial charge on any atom is -0.493 e. The standard InChI is InChI=1S/C22H28N2O4/c1-5-12-23-21(25)16-13-18(20(28-4)19(14-16)27-3)24-22(26)17(6-2)15-10-8-7-9-11-15/h7-11,13-14,17H,5-6,12H2,1-4H3,(H,23,25)(H,24,26). The molecule has 0 aliphatic heterocycles. The number of hydrogen-bond acceptors (Lipinski definition) is 4. The lowest BCUT2D eigenvalue weighted by atomic mass is 9.95. The highest BCUT2D eigenvalue weighted by Gasteiger charge is 2.22. The Labute approximate surface area is 166 Å². The fraction of sp³-hybridized carbons (Fsp3) is 0.364. The number of hydrogen-bond donors (Lipinski definition) is 2. The van der Waals surface area contributed by atoms with Crippen LogP contribution < -0.4 is 20.1 Å². The molecule has 2 rings (SSSR count). The van der Waals surface area contributed by atoms with Crippen molar-refractivity contribution in [3.05, 3.63) is 53.6 Å². The predicted octanol–water partition coefficient (Wildman–Crippen LogP) is 3.98. The monoisotopic (exact) mass is 384 g/mol. The molecule has 0 spiro atoms. The van der Waals surface area contributed by atoms with Crippen molar-refractivity contribution in [2.45, 2.75) is 32.6 Å². The molecule has 0 aliphatic carbocycles. The first-order valence-corrected chi connectivity index (χ1v) is 9.45. The van der Waals surface area contributed by atoms with Crippen LogP contribution in [0, 0.1) is 0 Å². The number of carbonyl (C=O) groups is 2. The van der Waals surface area contributed by atoms with E-state index in [1.165, 1.54) is 14.2 Å². The first-order valence-electron chi connectivity index (χ1n) is 9.45. The van der Waals surface area contributed by atoms with Crippen LogP contribution in [0.2, 0.25) is 0 Å². The van der Waals surface area contributed by atoms with Crippen molar-refractivity contribution in [3.63, 3.8) is 0 Å². The van der Waals surface area contributed by atoms with E-state index < -0.39 is 0 Å². The van der Waals surface area contributed by atoms with Gasteiger partial charge in [0.05, 0.1) is 25.8 Å². The first-order chi connectivity index (χ1) is 13.5. The molecule has 0 bridgehead atoms. The number of carbonyl (C=O) groups excluding carboxylic acids is 2. The minimum absolute atomic E-state index is 0.167. The summed E-state index contributed by atoms with van der Waals surface area (Å²) < 4.78 is 10.8. The fourth-order valence-corrected chi connectivity index (χ4v) is 3.01. The summed E-state index contributed by atoms with van der Waals surface area (Å²) in [5.41, 5.74) is 1.74. The van der Waals surface area contributed by atoms with Crippen molar-refractivity contribution in [2.75, 3.05) is 26.1 Å². The van der Waals surface area contributed by atoms with E-state index >= 15 is 0 Å². The third-order valence-electron chi connectivity index (χ3n) is 4.46. The van der Waals surface area contributed by atoms with E-state index in [0.29, 0.717) is 35.7 Å². The second-order valence-corrected chi connectivity index (χ2v) is 6.38. The molecular weight excluding hydrogens is 356 g/mol. The second-order valence-electron chi connectivity index (χ2n) is 6.38. The maximum atomic E-state index is 13.0. The van der Waals surface area contributed by atoms with E-state index in [2.05, 4.69) is 10.6 Å². The quantitative estimate of drug-likeness (QED) is 0.686. The Kier molecular flexibility index (Phi) is 7.87. The van der Waals surface area contributed by atoms with E-state index in [4.69, 9.17) is 9.47 Å². The average molecular weight is 384 g/mol. The van der Waals surface area contributed by atoms with E-state index in [1.54, 1.807) is 12.1 Å². The summed E-state index contributed by atoms with van der Waals surface area (Å²) in [4.78, 5) is 25.4. The lowest BCUT2D eigenvalue weighted by Gasteiger charge is -2.19. The zero-order chi connectivity index (χ0) is 20.5. The molecule has 150 valence electrons. The summed E-state index contributed by atoms with van der Waals surface area (Å²) in [7, 11) is 2.99. The van der Waals surface area contributed by atoms with Gasteiger partial charge in [-0.25, -0.2) is 0 Å². The summed E-state index contributed by atoms with van der Waals surface area (Å²) in [5, 5.41) is 5.74. The molecule has 6 heteroatoms. The summed E-state index contributed by atoms with van der Waals surface area (Å²) in [6, 6.07) is 12.8. The van der Waals surface area contributed by atoms with Gasteiger partial charge in [0, 0.05) is 12.1 Å². The van der Waals surface area contributed by atoms with E-state index in [9.17, 15) is 9.59 Å². The Balaban J connectivity index is 2.36. The molecule has 2 N–H and O–H groups in total. The highest BCUT2D eigenvalue weighted by Crippen LogP contribution is 2.37. The van der Waals surface area contributed by atoms with Crippen molar-refractivity contribution in [2.24, 2.45) is 0 Å². The molecule has 6 nitrogen and oxygen atoms in total. The minimum atomic E-state index is -0.311. The normalized spacial score (nSPS) is 11.4. The largest absolute Gasteiger partial charge is 0.493 e. The van der Waals surface area contributed by atoms with Crippen molar-refractivity contribution in [1.82, 2.24) is 5.32 Å². The number of amides is 2. The molecule has 2 amide bonds. The molecule has 1 atom stereocenters. The molecule has 0 aliphatic rings. The molecule has 1 unspecified atom stereocenters. The van der Waals surface area contributed by atoms with Crippen molar-refractivity contribution >= 4 is 17.5 Å². The predicted molar refractivity (Wildman–Crippen MR) is 110 cm³/mol. The summed E-state index contributed by atoms with van der Waals surface area (Å²) in [5.74, 6) is 0.0589. The summed E-state index contributed by atoms with van der Waals surface area (Å²) in [6.07, 6.45) is 1.48. The van der Waals surface area contributed by atoms with Crippen LogP contribution in [-0.2, 0) is 4.79 Å². The topological polar surface area (TPSA) is 76.7 Å². The molecule has 0 saturated heterocycles. The number of ether oxygens (including phenoxy) is 2. The highest BCUT2D eigenvalue weighted by atomic mass is 16.5. The smallest absolute Gasteiger partial charge is 0.251 e. The van der Waals surface area contributed by atoms with Gasteiger partial charge in [0.2, 0.25) is 5.91 Å². The van der Waals surface area contributed by atoms with Crippen molar-refractivity contribution < 1.29 is 19.1 Å². The van der Waals surface area contributed by atoms with Gasteiger partial charge in [-0.3, -0.25) is 9.59 Å².